The summed E-state index contributed by atoms with van der Waals surface area (Å²) in [5.41, 5.74) is 0. The number of rotatable bonds is 64. The van der Waals surface area contributed by atoms with Gasteiger partial charge in [0.1, 0.15) is 19.3 Å². The van der Waals surface area contributed by atoms with Crippen LogP contribution in [0, 0.1) is 17.8 Å². The number of phosphoric ester groups is 2. The van der Waals surface area contributed by atoms with E-state index in [9.17, 15) is 43.2 Å². The maximum Gasteiger partial charge on any atom is 0.472 e. The zero-order chi connectivity index (χ0) is 63.1. The van der Waals surface area contributed by atoms with Crippen molar-refractivity contribution in [2.24, 2.45) is 17.8 Å². The Hall–Kier alpha value is -1.94. The van der Waals surface area contributed by atoms with Crippen LogP contribution in [-0.2, 0) is 65.4 Å². The molecule has 2 unspecified atom stereocenters. The van der Waals surface area contributed by atoms with Crippen molar-refractivity contribution in [3.05, 3.63) is 0 Å². The van der Waals surface area contributed by atoms with Gasteiger partial charge in [0.2, 0.25) is 0 Å². The number of aliphatic hydroxyl groups excluding tert-OH is 1. The quantitative estimate of drug-likeness (QED) is 0.0222. The van der Waals surface area contributed by atoms with Gasteiger partial charge in [-0.2, -0.15) is 0 Å². The zero-order valence-corrected chi connectivity index (χ0v) is 56.9. The Morgan fingerprint density at radius 3 is 0.800 bits per heavy atom. The Morgan fingerprint density at radius 1 is 0.318 bits per heavy atom. The van der Waals surface area contributed by atoms with Gasteiger partial charge in [-0.3, -0.25) is 37.3 Å². The second kappa shape index (κ2) is 57.2. The highest BCUT2D eigenvalue weighted by molar-refractivity contribution is 7.47. The Labute approximate surface area is 517 Å². The van der Waals surface area contributed by atoms with Gasteiger partial charge >= 0.3 is 39.5 Å². The number of esters is 4. The molecule has 0 aromatic rings. The molecule has 17 nitrogen and oxygen atoms in total. The van der Waals surface area contributed by atoms with Gasteiger partial charge < -0.3 is 33.8 Å². The van der Waals surface area contributed by atoms with Crippen molar-refractivity contribution in [1.82, 2.24) is 0 Å². The Balaban J connectivity index is 5.25. The van der Waals surface area contributed by atoms with Crippen LogP contribution in [-0.4, -0.2) is 96.7 Å². The van der Waals surface area contributed by atoms with E-state index in [0.717, 1.165) is 102 Å². The third-order valence-electron chi connectivity index (χ3n) is 15.1. The summed E-state index contributed by atoms with van der Waals surface area (Å²) in [4.78, 5) is 72.3. The molecule has 3 N–H and O–H groups in total. The summed E-state index contributed by atoms with van der Waals surface area (Å²) < 4.78 is 68.1. The number of carbonyl (C=O) groups excluding carboxylic acids is 4. The molecule has 5 atom stereocenters. The first-order valence-electron chi connectivity index (χ1n) is 34.3. The molecule has 0 amide bonds. The first kappa shape index (κ1) is 83.1. The third kappa shape index (κ3) is 60.7. The first-order valence-corrected chi connectivity index (χ1v) is 37.3. The first-order chi connectivity index (χ1) is 40.7. The van der Waals surface area contributed by atoms with Gasteiger partial charge in [-0.15, -0.1) is 0 Å². The van der Waals surface area contributed by atoms with E-state index in [2.05, 4.69) is 48.5 Å². The summed E-state index contributed by atoms with van der Waals surface area (Å²) >= 11 is 0. The largest absolute Gasteiger partial charge is 0.472 e. The van der Waals surface area contributed by atoms with E-state index in [4.69, 9.17) is 37.0 Å². The van der Waals surface area contributed by atoms with Crippen molar-refractivity contribution in [2.75, 3.05) is 39.6 Å². The predicted molar refractivity (Wildman–Crippen MR) is 340 cm³/mol. The Morgan fingerprint density at radius 2 is 0.541 bits per heavy atom. The molecule has 0 radical (unpaired) electrons. The molecule has 19 heteroatoms. The molecule has 0 bridgehead atoms. The van der Waals surface area contributed by atoms with Gasteiger partial charge in [-0.25, -0.2) is 9.13 Å². The fraction of sp³-hybridized carbons (Fsp3) is 0.939. The van der Waals surface area contributed by atoms with Crippen LogP contribution >= 0.6 is 15.6 Å². The second-order valence-corrected chi connectivity index (χ2v) is 28.2. The molecular formula is C66H128O17P2. The highest BCUT2D eigenvalue weighted by Gasteiger charge is 2.30. The molecule has 0 aromatic carbocycles. The normalized spacial score (nSPS) is 14.3. The van der Waals surface area contributed by atoms with Crippen LogP contribution in [0.4, 0.5) is 0 Å². The van der Waals surface area contributed by atoms with Crippen molar-refractivity contribution in [2.45, 2.75) is 343 Å². The summed E-state index contributed by atoms with van der Waals surface area (Å²) in [6.45, 7) is 11.7. The fourth-order valence-corrected chi connectivity index (χ4v) is 11.4. The molecule has 0 aliphatic rings. The van der Waals surface area contributed by atoms with Crippen LogP contribution in [0.1, 0.15) is 325 Å². The monoisotopic (exact) mass is 1250 g/mol. The third-order valence-corrected chi connectivity index (χ3v) is 17.0. The predicted octanol–water partition coefficient (Wildman–Crippen LogP) is 18.3. The number of aliphatic hydroxyl groups is 1. The molecule has 0 aliphatic heterocycles. The molecule has 504 valence electrons. The van der Waals surface area contributed by atoms with Crippen molar-refractivity contribution in [1.29, 1.82) is 0 Å². The number of ether oxygens (including phenoxy) is 4. The number of phosphoric acid groups is 2. The van der Waals surface area contributed by atoms with E-state index in [1.165, 1.54) is 128 Å². The van der Waals surface area contributed by atoms with Crippen LogP contribution in [0.15, 0.2) is 0 Å². The van der Waals surface area contributed by atoms with Gasteiger partial charge in [-0.1, -0.05) is 273 Å². The standard InChI is InChI=1S/C66H128O17P2/c1-8-9-10-11-12-13-14-15-16-19-27-35-42-49-65(70)82-61(53-76-63(68)47-40-33-26-20-17-18-23-30-37-44-57(2)3)55-80-84(72,73)78-51-60(67)52-79-85(74,75)81-56-62(83-66(71)50-43-36-29-22-25-32-39-46-59(6)7)54-77-64(69)48-41-34-28-21-24-31-38-45-58(4)5/h57-62,67H,8-56H2,1-7H3,(H,72,73)(H,74,75)/t60-,61-,62-/m1/s1. The summed E-state index contributed by atoms with van der Waals surface area (Å²) in [5.74, 6) is 0.0105. The van der Waals surface area contributed by atoms with Crippen molar-refractivity contribution < 1.29 is 80.2 Å². The van der Waals surface area contributed by atoms with Gasteiger partial charge in [0.25, 0.3) is 0 Å². The van der Waals surface area contributed by atoms with Crippen LogP contribution in [0.3, 0.4) is 0 Å². The molecule has 0 rings (SSSR count). The molecule has 0 saturated carbocycles. The Bertz CT molecular complexity index is 1680. The molecular weight excluding hydrogens is 1130 g/mol. The number of hydrogen-bond donors (Lipinski definition) is 3. The molecule has 0 spiro atoms. The van der Waals surface area contributed by atoms with Crippen molar-refractivity contribution >= 4 is 39.5 Å². The molecule has 0 saturated heterocycles. The lowest BCUT2D eigenvalue weighted by Gasteiger charge is -2.21. The van der Waals surface area contributed by atoms with Gasteiger partial charge in [0.05, 0.1) is 26.4 Å². The molecule has 0 aliphatic carbocycles. The lowest BCUT2D eigenvalue weighted by atomic mass is 10.0. The number of carbonyl (C=O) groups is 4. The highest BCUT2D eigenvalue weighted by atomic mass is 31.2. The maximum atomic E-state index is 13.0. The number of hydrogen-bond acceptors (Lipinski definition) is 15. The van der Waals surface area contributed by atoms with E-state index in [0.29, 0.717) is 37.5 Å². The average molecular weight is 1260 g/mol. The topological polar surface area (TPSA) is 237 Å². The summed E-state index contributed by atoms with van der Waals surface area (Å²) in [6, 6.07) is 0. The van der Waals surface area contributed by atoms with E-state index in [-0.39, 0.29) is 25.7 Å². The van der Waals surface area contributed by atoms with Crippen LogP contribution in [0.25, 0.3) is 0 Å². The smallest absolute Gasteiger partial charge is 0.462 e. The van der Waals surface area contributed by atoms with Gasteiger partial charge in [0.15, 0.2) is 12.2 Å². The van der Waals surface area contributed by atoms with E-state index >= 15 is 0 Å². The van der Waals surface area contributed by atoms with E-state index in [1.54, 1.807) is 0 Å². The molecule has 85 heavy (non-hydrogen) atoms. The lowest BCUT2D eigenvalue weighted by Crippen LogP contribution is -2.30. The van der Waals surface area contributed by atoms with Crippen molar-refractivity contribution in [3.63, 3.8) is 0 Å². The zero-order valence-electron chi connectivity index (χ0n) is 55.1. The van der Waals surface area contributed by atoms with Crippen LogP contribution in [0.2, 0.25) is 0 Å². The minimum Gasteiger partial charge on any atom is -0.462 e. The van der Waals surface area contributed by atoms with E-state index in [1.807, 2.05) is 0 Å². The summed E-state index contributed by atoms with van der Waals surface area (Å²) in [5, 5.41) is 10.5. The lowest BCUT2D eigenvalue weighted by molar-refractivity contribution is -0.161. The average Bonchev–Trinajstić information content (AvgIpc) is 3.52. The van der Waals surface area contributed by atoms with Gasteiger partial charge in [-0.05, 0) is 43.4 Å². The van der Waals surface area contributed by atoms with Crippen LogP contribution in [0.5, 0.6) is 0 Å². The molecule has 0 fully saturated rings. The minimum atomic E-state index is -4.95. The maximum absolute atomic E-state index is 13.0. The van der Waals surface area contributed by atoms with Crippen LogP contribution < -0.4 is 0 Å². The number of unbranched alkanes of at least 4 members (excludes halogenated alkanes) is 32. The minimum absolute atomic E-state index is 0.102. The van der Waals surface area contributed by atoms with Gasteiger partial charge in [0, 0.05) is 25.7 Å². The molecule has 0 heterocycles. The highest BCUT2D eigenvalue weighted by Crippen LogP contribution is 2.45. The molecule has 0 aromatic heterocycles. The Kier molecular flexibility index (Phi) is 55.9. The van der Waals surface area contributed by atoms with Crippen molar-refractivity contribution in [3.8, 4) is 0 Å². The van der Waals surface area contributed by atoms with E-state index < -0.39 is 97.5 Å². The SMILES string of the molecule is CCCCCCCCCCCCCCCC(=O)O[C@H](COC(=O)CCCCCCCCCCCC(C)C)COP(=O)(O)OC[C@@H](O)COP(=O)(O)OC[C@@H](COC(=O)CCCCCCCCCC(C)C)OC(=O)CCCCCCCCCC(C)C. The second-order valence-electron chi connectivity index (χ2n) is 25.3. The summed E-state index contributed by atoms with van der Waals surface area (Å²) in [6.07, 6.45) is 39.1. The fourth-order valence-electron chi connectivity index (χ4n) is 9.83. The summed E-state index contributed by atoms with van der Waals surface area (Å²) in [7, 11) is -9.89.